The second kappa shape index (κ2) is 11.8. The van der Waals surface area contributed by atoms with Crippen LogP contribution in [0, 0.1) is 0 Å². The monoisotopic (exact) mass is 522 g/mol. The number of likely N-dealkylation sites (tertiary alicyclic amines) is 1. The minimum absolute atomic E-state index is 0. The number of nitrogens with zero attached hydrogens (tertiary/aromatic N) is 3. The molecule has 1 aliphatic heterocycles. The summed E-state index contributed by atoms with van der Waals surface area (Å²) < 4.78 is 5.22. The van der Waals surface area contributed by atoms with Crippen LogP contribution in [0.5, 0.6) is 5.75 Å². The first-order valence-electron chi connectivity index (χ1n) is 10.00. The van der Waals surface area contributed by atoms with Crippen LogP contribution in [0.4, 0.5) is 0 Å². The molecule has 1 heterocycles. The Hall–Kier alpha value is -2.29. The van der Waals surface area contributed by atoms with Gasteiger partial charge < -0.3 is 19.9 Å². The predicted octanol–water partition coefficient (Wildman–Crippen LogP) is 3.64. The van der Waals surface area contributed by atoms with Crippen molar-refractivity contribution in [2.24, 2.45) is 4.99 Å². The Kier molecular flexibility index (Phi) is 9.42. The minimum atomic E-state index is 0. The van der Waals surface area contributed by atoms with E-state index in [-0.39, 0.29) is 29.9 Å². The number of carbonyl (C=O) groups is 1. The maximum atomic E-state index is 12.0. The lowest BCUT2D eigenvalue weighted by Crippen LogP contribution is -2.38. The van der Waals surface area contributed by atoms with Gasteiger partial charge in [0, 0.05) is 46.7 Å². The van der Waals surface area contributed by atoms with Crippen molar-refractivity contribution < 1.29 is 9.53 Å². The lowest BCUT2D eigenvalue weighted by molar-refractivity contribution is -0.128. The molecule has 1 N–H and O–H groups in total. The molecular formula is C23H31IN4O2. The topological polar surface area (TPSA) is 57.2 Å². The number of ether oxygens (including phenoxy) is 1. The first-order chi connectivity index (χ1) is 14.1. The SMILES string of the molecule is CN=C(NCc1ccccc1CN1CCCC1=O)N(C)Cc1ccc(OC)cc1.I. The molecule has 6 nitrogen and oxygen atoms in total. The molecule has 1 saturated heterocycles. The van der Waals surface area contributed by atoms with Crippen LogP contribution in [-0.2, 0) is 24.4 Å². The molecule has 1 aliphatic rings. The van der Waals surface area contributed by atoms with Gasteiger partial charge in [0.05, 0.1) is 7.11 Å². The van der Waals surface area contributed by atoms with Crippen molar-refractivity contribution >= 4 is 35.8 Å². The third kappa shape index (κ3) is 6.35. The lowest BCUT2D eigenvalue weighted by Gasteiger charge is -2.23. The molecule has 1 fully saturated rings. The average molecular weight is 522 g/mol. The Morgan fingerprint density at radius 3 is 2.47 bits per heavy atom. The highest BCUT2D eigenvalue weighted by molar-refractivity contribution is 14.0. The molecule has 0 unspecified atom stereocenters. The summed E-state index contributed by atoms with van der Waals surface area (Å²) in [5, 5.41) is 3.45. The lowest BCUT2D eigenvalue weighted by atomic mass is 10.1. The molecule has 7 heteroatoms. The van der Waals surface area contributed by atoms with Gasteiger partial charge in [-0.2, -0.15) is 0 Å². The number of methoxy groups -OCH3 is 1. The Morgan fingerprint density at radius 1 is 1.17 bits per heavy atom. The fourth-order valence-electron chi connectivity index (χ4n) is 3.60. The fraction of sp³-hybridized carbons (Fsp3) is 0.391. The smallest absolute Gasteiger partial charge is 0.222 e. The summed E-state index contributed by atoms with van der Waals surface area (Å²) in [7, 11) is 5.49. The first-order valence-corrected chi connectivity index (χ1v) is 10.00. The van der Waals surface area contributed by atoms with Gasteiger partial charge in [-0.3, -0.25) is 9.79 Å². The van der Waals surface area contributed by atoms with Gasteiger partial charge in [-0.25, -0.2) is 0 Å². The first kappa shape index (κ1) is 24.0. The molecule has 0 saturated carbocycles. The van der Waals surface area contributed by atoms with Gasteiger partial charge >= 0.3 is 0 Å². The highest BCUT2D eigenvalue weighted by atomic mass is 127. The predicted molar refractivity (Wildman–Crippen MR) is 131 cm³/mol. The van der Waals surface area contributed by atoms with Gasteiger partial charge in [0.2, 0.25) is 5.91 Å². The van der Waals surface area contributed by atoms with Crippen LogP contribution < -0.4 is 10.1 Å². The molecule has 0 spiro atoms. The van der Waals surface area contributed by atoms with E-state index < -0.39 is 0 Å². The van der Waals surface area contributed by atoms with E-state index in [1.165, 1.54) is 16.7 Å². The van der Waals surface area contributed by atoms with Crippen LogP contribution in [0.2, 0.25) is 0 Å². The molecule has 0 radical (unpaired) electrons. The van der Waals surface area contributed by atoms with E-state index in [4.69, 9.17) is 4.74 Å². The Balaban J connectivity index is 0.00000320. The molecule has 0 aliphatic carbocycles. The average Bonchev–Trinajstić information content (AvgIpc) is 3.14. The summed E-state index contributed by atoms with van der Waals surface area (Å²) in [6.45, 7) is 2.94. The van der Waals surface area contributed by atoms with Gasteiger partial charge in [0.15, 0.2) is 5.96 Å². The fourth-order valence-corrected chi connectivity index (χ4v) is 3.60. The largest absolute Gasteiger partial charge is 0.497 e. The second-order valence-corrected chi connectivity index (χ2v) is 7.29. The van der Waals surface area contributed by atoms with E-state index in [9.17, 15) is 4.79 Å². The van der Waals surface area contributed by atoms with Crippen LogP contribution in [0.1, 0.15) is 29.5 Å². The van der Waals surface area contributed by atoms with Crippen molar-refractivity contribution in [1.82, 2.24) is 15.1 Å². The van der Waals surface area contributed by atoms with Crippen LogP contribution in [0.15, 0.2) is 53.5 Å². The maximum absolute atomic E-state index is 12.0. The van der Waals surface area contributed by atoms with Gasteiger partial charge in [0.1, 0.15) is 5.75 Å². The van der Waals surface area contributed by atoms with Crippen molar-refractivity contribution in [3.05, 3.63) is 65.2 Å². The van der Waals surface area contributed by atoms with Gasteiger partial charge in [-0.1, -0.05) is 36.4 Å². The van der Waals surface area contributed by atoms with Gasteiger partial charge in [-0.05, 0) is 35.2 Å². The molecule has 0 aromatic heterocycles. The zero-order valence-corrected chi connectivity index (χ0v) is 20.3. The summed E-state index contributed by atoms with van der Waals surface area (Å²) >= 11 is 0. The van der Waals surface area contributed by atoms with E-state index in [0.29, 0.717) is 19.5 Å². The number of halogens is 1. The minimum Gasteiger partial charge on any atom is -0.497 e. The Bertz CT molecular complexity index is 855. The molecule has 30 heavy (non-hydrogen) atoms. The van der Waals surface area contributed by atoms with Crippen LogP contribution >= 0.6 is 24.0 Å². The van der Waals surface area contributed by atoms with Crippen molar-refractivity contribution in [1.29, 1.82) is 0 Å². The number of hydrogen-bond donors (Lipinski definition) is 1. The molecular weight excluding hydrogens is 491 g/mol. The number of aliphatic imine (C=N–C) groups is 1. The number of rotatable bonds is 7. The molecule has 162 valence electrons. The number of carbonyl (C=O) groups excluding carboxylic acids is 1. The summed E-state index contributed by atoms with van der Waals surface area (Å²) in [6.07, 6.45) is 1.63. The van der Waals surface area contributed by atoms with E-state index in [1.807, 2.05) is 36.2 Å². The number of nitrogens with one attached hydrogen (secondary N) is 1. The summed E-state index contributed by atoms with van der Waals surface area (Å²) in [5.41, 5.74) is 3.55. The van der Waals surface area contributed by atoms with E-state index >= 15 is 0 Å². The molecule has 1 amide bonds. The third-order valence-electron chi connectivity index (χ3n) is 5.24. The van der Waals surface area contributed by atoms with E-state index in [2.05, 4.69) is 39.5 Å². The van der Waals surface area contributed by atoms with Gasteiger partial charge in [-0.15, -0.1) is 24.0 Å². The van der Waals surface area contributed by atoms with Crippen molar-refractivity contribution in [3.8, 4) is 5.75 Å². The van der Waals surface area contributed by atoms with Crippen LogP contribution in [0.3, 0.4) is 0 Å². The summed E-state index contributed by atoms with van der Waals surface area (Å²) in [5.74, 6) is 1.93. The zero-order chi connectivity index (χ0) is 20.6. The molecule has 0 atom stereocenters. The highest BCUT2D eigenvalue weighted by Gasteiger charge is 2.21. The molecule has 3 rings (SSSR count). The zero-order valence-electron chi connectivity index (χ0n) is 17.9. The highest BCUT2D eigenvalue weighted by Crippen LogP contribution is 2.17. The second-order valence-electron chi connectivity index (χ2n) is 7.29. The summed E-state index contributed by atoms with van der Waals surface area (Å²) in [6, 6.07) is 16.3. The Labute approximate surface area is 196 Å². The van der Waals surface area contributed by atoms with Crippen LogP contribution in [-0.4, -0.2) is 49.4 Å². The molecule has 0 bridgehead atoms. The van der Waals surface area contributed by atoms with Crippen molar-refractivity contribution in [3.63, 3.8) is 0 Å². The van der Waals surface area contributed by atoms with E-state index in [0.717, 1.165) is 31.2 Å². The number of benzene rings is 2. The summed E-state index contributed by atoms with van der Waals surface area (Å²) in [4.78, 5) is 20.4. The van der Waals surface area contributed by atoms with Crippen molar-refractivity contribution in [2.45, 2.75) is 32.5 Å². The van der Waals surface area contributed by atoms with Crippen molar-refractivity contribution in [2.75, 3.05) is 27.7 Å². The third-order valence-corrected chi connectivity index (χ3v) is 5.24. The maximum Gasteiger partial charge on any atom is 0.222 e. The number of guanidine groups is 1. The molecule has 2 aromatic rings. The molecule has 2 aromatic carbocycles. The number of hydrogen-bond acceptors (Lipinski definition) is 3. The van der Waals surface area contributed by atoms with Gasteiger partial charge in [0.25, 0.3) is 0 Å². The van der Waals surface area contributed by atoms with Crippen LogP contribution in [0.25, 0.3) is 0 Å². The normalized spacial score (nSPS) is 13.8. The van der Waals surface area contributed by atoms with E-state index in [1.54, 1.807) is 14.2 Å². The standard InChI is InChI=1S/C23H30N4O2.HI/c1-24-23(26(2)16-18-10-12-21(29-3)13-11-18)25-15-19-7-4-5-8-20(19)17-27-14-6-9-22(27)28;/h4-5,7-8,10-13H,6,9,14-17H2,1-3H3,(H,24,25);1H. The Morgan fingerprint density at radius 2 is 1.87 bits per heavy atom. The number of amides is 1. The quantitative estimate of drug-likeness (QED) is 0.343.